The van der Waals surface area contributed by atoms with Crippen LogP contribution in [0.15, 0.2) is 53.4 Å². The molecule has 1 unspecified atom stereocenters. The molecule has 156 valence electrons. The Balaban J connectivity index is 1.80. The van der Waals surface area contributed by atoms with Gasteiger partial charge in [-0.05, 0) is 61.4 Å². The predicted octanol–water partition coefficient (Wildman–Crippen LogP) is 4.73. The second-order valence-corrected chi connectivity index (χ2v) is 8.05. The quantitative estimate of drug-likeness (QED) is 0.467. The van der Waals surface area contributed by atoms with Crippen molar-refractivity contribution >= 4 is 51.9 Å². The number of thioether (sulfide) groups is 1. The van der Waals surface area contributed by atoms with Gasteiger partial charge in [0.1, 0.15) is 11.5 Å². The summed E-state index contributed by atoms with van der Waals surface area (Å²) in [5, 5.41) is 9.17. The topological polar surface area (TPSA) is 76.1 Å². The second kappa shape index (κ2) is 9.77. The lowest BCUT2D eigenvalue weighted by Gasteiger charge is -2.15. The Morgan fingerprint density at radius 1 is 1.20 bits per heavy atom. The Morgan fingerprint density at radius 3 is 2.57 bits per heavy atom. The summed E-state index contributed by atoms with van der Waals surface area (Å²) in [5.74, 6) is -0.0673. The maximum absolute atomic E-state index is 12.9. The first kappa shape index (κ1) is 21.9. The summed E-state index contributed by atoms with van der Waals surface area (Å²) in [6.07, 6.45) is 1.15. The molecule has 0 aromatic heterocycles. The van der Waals surface area contributed by atoms with Crippen LogP contribution < -0.4 is 14.4 Å². The molecule has 2 aromatic carbocycles. The Kier molecular flexibility index (Phi) is 7.12. The van der Waals surface area contributed by atoms with Crippen LogP contribution in [-0.4, -0.2) is 34.0 Å². The third kappa shape index (κ3) is 5.01. The van der Waals surface area contributed by atoms with Gasteiger partial charge >= 0.3 is 5.97 Å². The number of hydrogen-bond donors (Lipinski definition) is 1. The van der Waals surface area contributed by atoms with E-state index >= 15 is 0 Å². The standard InChI is InChI=1S/C22H21NO5S2/c1-3-18(21(25)26)28-17-7-5-6-14(12-17)13-19-20(24)23(22(29)30-19)15-8-10-16(11-9-15)27-4-2/h5-13,18H,3-4H2,1-2H3,(H,25,26)/b19-13+. The van der Waals surface area contributed by atoms with Crippen LogP contribution in [0.5, 0.6) is 11.5 Å². The molecule has 1 aliphatic rings. The third-order valence-electron chi connectivity index (χ3n) is 4.28. The van der Waals surface area contributed by atoms with Crippen LogP contribution in [0.2, 0.25) is 0 Å². The van der Waals surface area contributed by atoms with E-state index in [1.807, 2.05) is 13.0 Å². The van der Waals surface area contributed by atoms with Gasteiger partial charge in [-0.1, -0.05) is 43.0 Å². The summed E-state index contributed by atoms with van der Waals surface area (Å²) in [7, 11) is 0. The number of aliphatic carboxylic acids is 1. The first-order valence-corrected chi connectivity index (χ1v) is 10.7. The average Bonchev–Trinajstić information content (AvgIpc) is 3.00. The van der Waals surface area contributed by atoms with Crippen molar-refractivity contribution < 1.29 is 24.2 Å². The number of carboxylic acid groups (broad SMARTS) is 1. The largest absolute Gasteiger partial charge is 0.494 e. The summed E-state index contributed by atoms with van der Waals surface area (Å²) in [6, 6.07) is 14.2. The highest BCUT2D eigenvalue weighted by Gasteiger charge is 2.33. The lowest BCUT2D eigenvalue weighted by atomic mass is 10.2. The molecule has 1 atom stereocenters. The number of rotatable bonds is 8. The van der Waals surface area contributed by atoms with E-state index in [9.17, 15) is 9.59 Å². The maximum atomic E-state index is 12.9. The molecule has 0 bridgehead atoms. The highest BCUT2D eigenvalue weighted by Crippen LogP contribution is 2.36. The van der Waals surface area contributed by atoms with Crippen molar-refractivity contribution in [3.05, 3.63) is 59.0 Å². The SMILES string of the molecule is CCOc1ccc(N2C(=O)/C(=C\c3cccc(OC(CC)C(=O)O)c3)SC2=S)cc1. The van der Waals surface area contributed by atoms with Crippen molar-refractivity contribution in [2.75, 3.05) is 11.5 Å². The highest BCUT2D eigenvalue weighted by molar-refractivity contribution is 8.27. The Labute approximate surface area is 184 Å². The number of amides is 1. The van der Waals surface area contributed by atoms with Gasteiger partial charge in [0.25, 0.3) is 5.91 Å². The molecular weight excluding hydrogens is 422 g/mol. The second-order valence-electron chi connectivity index (χ2n) is 6.37. The van der Waals surface area contributed by atoms with Crippen molar-refractivity contribution in [2.24, 2.45) is 0 Å². The molecule has 0 spiro atoms. The summed E-state index contributed by atoms with van der Waals surface area (Å²) < 4.78 is 11.4. The van der Waals surface area contributed by atoms with E-state index in [2.05, 4.69) is 0 Å². The lowest BCUT2D eigenvalue weighted by molar-refractivity contribution is -0.145. The van der Waals surface area contributed by atoms with Crippen LogP contribution in [0.4, 0.5) is 5.69 Å². The van der Waals surface area contributed by atoms with Crippen LogP contribution in [-0.2, 0) is 9.59 Å². The van der Waals surface area contributed by atoms with Crippen molar-refractivity contribution in [2.45, 2.75) is 26.4 Å². The first-order valence-electron chi connectivity index (χ1n) is 9.43. The number of carboxylic acids is 1. The average molecular weight is 444 g/mol. The molecule has 30 heavy (non-hydrogen) atoms. The van der Waals surface area contributed by atoms with Gasteiger partial charge in [0.2, 0.25) is 0 Å². The molecule has 1 aliphatic heterocycles. The smallest absolute Gasteiger partial charge is 0.344 e. The molecule has 8 heteroatoms. The van der Waals surface area contributed by atoms with E-state index in [1.54, 1.807) is 55.5 Å². The van der Waals surface area contributed by atoms with E-state index in [4.69, 9.17) is 26.8 Å². The molecule has 1 heterocycles. The zero-order chi connectivity index (χ0) is 21.7. The van der Waals surface area contributed by atoms with Crippen LogP contribution in [0, 0.1) is 0 Å². The molecule has 0 saturated carbocycles. The molecule has 0 aliphatic carbocycles. The number of thiocarbonyl (C=S) groups is 1. The number of nitrogens with zero attached hydrogens (tertiary/aromatic N) is 1. The fourth-order valence-electron chi connectivity index (χ4n) is 2.85. The molecule has 0 radical (unpaired) electrons. The normalized spacial score (nSPS) is 16.1. The molecule has 2 aromatic rings. The van der Waals surface area contributed by atoms with Gasteiger partial charge in [-0.15, -0.1) is 0 Å². The van der Waals surface area contributed by atoms with Crippen molar-refractivity contribution in [1.29, 1.82) is 0 Å². The number of carbonyl (C=O) groups is 2. The molecule has 3 rings (SSSR count). The van der Waals surface area contributed by atoms with Crippen LogP contribution in [0.25, 0.3) is 6.08 Å². The number of hydrogen-bond acceptors (Lipinski definition) is 6. The van der Waals surface area contributed by atoms with Crippen LogP contribution in [0.3, 0.4) is 0 Å². The summed E-state index contributed by atoms with van der Waals surface area (Å²) in [5.41, 5.74) is 1.40. The molecule has 6 nitrogen and oxygen atoms in total. The predicted molar refractivity (Wildman–Crippen MR) is 122 cm³/mol. The zero-order valence-electron chi connectivity index (χ0n) is 16.5. The minimum Gasteiger partial charge on any atom is -0.494 e. The molecule has 1 saturated heterocycles. The Morgan fingerprint density at radius 2 is 1.93 bits per heavy atom. The fourth-order valence-corrected chi connectivity index (χ4v) is 4.15. The number of carbonyl (C=O) groups excluding carboxylic acids is 1. The fraction of sp³-hybridized carbons (Fsp3) is 0.227. The van der Waals surface area contributed by atoms with Gasteiger partial charge < -0.3 is 14.6 Å². The molecule has 1 amide bonds. The lowest BCUT2D eigenvalue weighted by Crippen LogP contribution is -2.27. The van der Waals surface area contributed by atoms with Gasteiger partial charge in [-0.25, -0.2) is 4.79 Å². The number of ether oxygens (including phenoxy) is 2. The number of benzene rings is 2. The van der Waals surface area contributed by atoms with E-state index in [0.29, 0.717) is 33.7 Å². The molecule has 1 fully saturated rings. The van der Waals surface area contributed by atoms with Crippen LogP contribution >= 0.6 is 24.0 Å². The zero-order valence-corrected chi connectivity index (χ0v) is 18.2. The third-order valence-corrected chi connectivity index (χ3v) is 5.58. The molecule has 1 N–H and O–H groups in total. The highest BCUT2D eigenvalue weighted by atomic mass is 32.2. The van der Waals surface area contributed by atoms with E-state index < -0.39 is 12.1 Å². The Bertz CT molecular complexity index is 987. The first-order chi connectivity index (χ1) is 14.4. The van der Waals surface area contributed by atoms with Gasteiger partial charge in [0, 0.05) is 0 Å². The van der Waals surface area contributed by atoms with E-state index in [-0.39, 0.29) is 5.91 Å². The summed E-state index contributed by atoms with van der Waals surface area (Å²) in [4.78, 5) is 26.1. The van der Waals surface area contributed by atoms with Crippen LogP contribution in [0.1, 0.15) is 25.8 Å². The van der Waals surface area contributed by atoms with Gasteiger partial charge in [-0.3, -0.25) is 9.69 Å². The number of anilines is 1. The van der Waals surface area contributed by atoms with Gasteiger partial charge in [0.15, 0.2) is 10.4 Å². The maximum Gasteiger partial charge on any atom is 0.344 e. The molecular formula is C22H21NO5S2. The van der Waals surface area contributed by atoms with E-state index in [1.165, 1.54) is 16.7 Å². The van der Waals surface area contributed by atoms with Crippen molar-refractivity contribution in [3.63, 3.8) is 0 Å². The summed E-state index contributed by atoms with van der Waals surface area (Å²) >= 11 is 6.63. The Hall–Kier alpha value is -2.84. The van der Waals surface area contributed by atoms with Gasteiger partial charge in [0.05, 0.1) is 17.2 Å². The minimum atomic E-state index is -1.01. The summed E-state index contributed by atoms with van der Waals surface area (Å²) in [6.45, 7) is 4.22. The van der Waals surface area contributed by atoms with Crippen molar-refractivity contribution in [3.8, 4) is 11.5 Å². The van der Waals surface area contributed by atoms with E-state index in [0.717, 1.165) is 11.3 Å². The monoisotopic (exact) mass is 443 g/mol. The minimum absolute atomic E-state index is 0.211. The van der Waals surface area contributed by atoms with Gasteiger partial charge in [-0.2, -0.15) is 0 Å². The van der Waals surface area contributed by atoms with Crippen molar-refractivity contribution in [1.82, 2.24) is 0 Å².